The molecule has 1 atom stereocenters. The number of rotatable bonds is 4. The highest BCUT2D eigenvalue weighted by atomic mass is 16.2. The molecule has 20 heavy (non-hydrogen) atoms. The molecule has 4 nitrogen and oxygen atoms in total. The van der Waals surface area contributed by atoms with Crippen molar-refractivity contribution in [3.63, 3.8) is 0 Å². The van der Waals surface area contributed by atoms with E-state index >= 15 is 0 Å². The van der Waals surface area contributed by atoms with Crippen molar-refractivity contribution in [1.29, 1.82) is 0 Å². The van der Waals surface area contributed by atoms with Crippen LogP contribution in [0.1, 0.15) is 38.5 Å². The first kappa shape index (κ1) is 14.3. The van der Waals surface area contributed by atoms with Gasteiger partial charge in [0.15, 0.2) is 0 Å². The minimum absolute atomic E-state index is 0.388. The fraction of sp³-hybridized carbons (Fsp3) is 0.938. The highest BCUT2D eigenvalue weighted by Gasteiger charge is 2.37. The molecule has 0 aromatic heterocycles. The normalized spacial score (nSPS) is 29.6. The molecule has 1 saturated carbocycles. The van der Waals surface area contributed by atoms with E-state index in [0.29, 0.717) is 17.9 Å². The highest BCUT2D eigenvalue weighted by molar-refractivity contribution is 5.81. The molecule has 0 radical (unpaired) electrons. The molecule has 3 aliphatic rings. The van der Waals surface area contributed by atoms with Crippen LogP contribution in [0.15, 0.2) is 0 Å². The molecule has 0 aromatic rings. The van der Waals surface area contributed by atoms with Crippen LogP contribution in [-0.4, -0.2) is 73.0 Å². The van der Waals surface area contributed by atoms with Gasteiger partial charge in [-0.2, -0.15) is 0 Å². The van der Waals surface area contributed by atoms with Crippen molar-refractivity contribution in [3.8, 4) is 0 Å². The summed E-state index contributed by atoms with van der Waals surface area (Å²) < 4.78 is 0. The van der Waals surface area contributed by atoms with Crippen LogP contribution in [-0.2, 0) is 4.79 Å². The van der Waals surface area contributed by atoms with Gasteiger partial charge in [0.05, 0.1) is 0 Å². The molecule has 0 aromatic carbocycles. The minimum atomic E-state index is 0.388. The Morgan fingerprint density at radius 3 is 2.45 bits per heavy atom. The molecular formula is C16H29N3O. The maximum absolute atomic E-state index is 12.4. The average molecular weight is 279 g/mol. The predicted octanol–water partition coefficient (Wildman–Crippen LogP) is 1.41. The SMILES string of the molecule is CN1CCN(CCC2CCCCN2C(=O)C2CC2)CC1. The number of hydrogen-bond acceptors (Lipinski definition) is 3. The van der Waals surface area contributed by atoms with E-state index in [1.165, 1.54) is 58.4 Å². The molecule has 0 spiro atoms. The first-order valence-corrected chi connectivity index (χ1v) is 8.45. The molecule has 1 amide bonds. The molecule has 2 heterocycles. The van der Waals surface area contributed by atoms with Crippen LogP contribution in [0, 0.1) is 5.92 Å². The monoisotopic (exact) mass is 279 g/mol. The lowest BCUT2D eigenvalue weighted by molar-refractivity contribution is -0.136. The minimum Gasteiger partial charge on any atom is -0.339 e. The summed E-state index contributed by atoms with van der Waals surface area (Å²) in [7, 11) is 2.20. The molecule has 2 saturated heterocycles. The Hall–Kier alpha value is -0.610. The lowest BCUT2D eigenvalue weighted by Gasteiger charge is -2.38. The van der Waals surface area contributed by atoms with Gasteiger partial charge in [-0.3, -0.25) is 4.79 Å². The molecule has 0 bridgehead atoms. The maximum Gasteiger partial charge on any atom is 0.225 e. The second-order valence-electron chi connectivity index (χ2n) is 6.89. The number of likely N-dealkylation sites (tertiary alicyclic amines) is 1. The number of carbonyl (C=O) groups is 1. The standard InChI is InChI=1S/C16H29N3O/c1-17-10-12-18(13-11-17)9-7-15-4-2-3-8-19(15)16(20)14-5-6-14/h14-15H,2-13H2,1H3. The number of hydrogen-bond donors (Lipinski definition) is 0. The van der Waals surface area contributed by atoms with Gasteiger partial charge in [0.2, 0.25) is 5.91 Å². The summed E-state index contributed by atoms with van der Waals surface area (Å²) in [5.74, 6) is 0.854. The Labute approximate surface area is 123 Å². The maximum atomic E-state index is 12.4. The summed E-state index contributed by atoms with van der Waals surface area (Å²) >= 11 is 0. The molecular weight excluding hydrogens is 250 g/mol. The van der Waals surface area contributed by atoms with Crippen LogP contribution >= 0.6 is 0 Å². The first-order chi connectivity index (χ1) is 9.74. The number of likely N-dealkylation sites (N-methyl/N-ethyl adjacent to an activating group) is 1. The molecule has 2 aliphatic heterocycles. The van der Waals surface area contributed by atoms with Gasteiger partial charge >= 0.3 is 0 Å². The molecule has 1 unspecified atom stereocenters. The quantitative estimate of drug-likeness (QED) is 0.778. The van der Waals surface area contributed by atoms with Crippen molar-refractivity contribution in [1.82, 2.24) is 14.7 Å². The Balaban J connectivity index is 1.48. The Morgan fingerprint density at radius 1 is 1.00 bits per heavy atom. The summed E-state index contributed by atoms with van der Waals surface area (Å²) in [4.78, 5) is 19.6. The van der Waals surface area contributed by atoms with Crippen molar-refractivity contribution < 1.29 is 4.79 Å². The third kappa shape index (κ3) is 3.53. The van der Waals surface area contributed by atoms with Gasteiger partial charge in [0, 0.05) is 51.2 Å². The Morgan fingerprint density at radius 2 is 1.75 bits per heavy atom. The van der Waals surface area contributed by atoms with E-state index < -0.39 is 0 Å². The smallest absolute Gasteiger partial charge is 0.225 e. The van der Waals surface area contributed by atoms with Crippen LogP contribution in [0.25, 0.3) is 0 Å². The van der Waals surface area contributed by atoms with E-state index in [4.69, 9.17) is 0 Å². The highest BCUT2D eigenvalue weighted by Crippen LogP contribution is 2.33. The van der Waals surface area contributed by atoms with Gasteiger partial charge in [-0.05, 0) is 45.6 Å². The molecule has 4 heteroatoms. The van der Waals surface area contributed by atoms with E-state index in [2.05, 4.69) is 21.7 Å². The van der Waals surface area contributed by atoms with Crippen molar-refractivity contribution >= 4 is 5.91 Å². The van der Waals surface area contributed by atoms with Gasteiger partial charge in [-0.1, -0.05) is 0 Å². The summed E-state index contributed by atoms with van der Waals surface area (Å²) in [6.07, 6.45) is 7.21. The molecule has 114 valence electrons. The van der Waals surface area contributed by atoms with Crippen molar-refractivity contribution in [3.05, 3.63) is 0 Å². The zero-order valence-corrected chi connectivity index (χ0v) is 12.9. The number of piperidine rings is 1. The Bertz CT molecular complexity index is 335. The van der Waals surface area contributed by atoms with Crippen LogP contribution in [0.4, 0.5) is 0 Å². The van der Waals surface area contributed by atoms with Crippen molar-refractivity contribution in [2.24, 2.45) is 5.92 Å². The van der Waals surface area contributed by atoms with Crippen LogP contribution in [0.2, 0.25) is 0 Å². The number of piperazine rings is 1. The van der Waals surface area contributed by atoms with Crippen molar-refractivity contribution in [2.75, 3.05) is 46.3 Å². The molecule has 0 N–H and O–H groups in total. The topological polar surface area (TPSA) is 26.8 Å². The van der Waals surface area contributed by atoms with E-state index in [1.54, 1.807) is 0 Å². The zero-order valence-electron chi connectivity index (χ0n) is 12.9. The van der Waals surface area contributed by atoms with Crippen LogP contribution in [0.3, 0.4) is 0 Å². The van der Waals surface area contributed by atoms with Gasteiger partial charge in [-0.15, -0.1) is 0 Å². The van der Waals surface area contributed by atoms with E-state index in [1.807, 2.05) is 0 Å². The van der Waals surface area contributed by atoms with E-state index in [9.17, 15) is 4.79 Å². The third-order valence-electron chi connectivity index (χ3n) is 5.21. The second-order valence-corrected chi connectivity index (χ2v) is 6.89. The fourth-order valence-electron chi connectivity index (χ4n) is 3.56. The summed E-state index contributed by atoms with van der Waals surface area (Å²) in [6.45, 7) is 6.96. The van der Waals surface area contributed by atoms with E-state index in [-0.39, 0.29) is 0 Å². The van der Waals surface area contributed by atoms with Gasteiger partial charge < -0.3 is 14.7 Å². The lowest BCUT2D eigenvalue weighted by atomic mass is 9.98. The second kappa shape index (κ2) is 6.44. The predicted molar refractivity (Wildman–Crippen MR) is 80.6 cm³/mol. The van der Waals surface area contributed by atoms with Gasteiger partial charge in [0.25, 0.3) is 0 Å². The zero-order chi connectivity index (χ0) is 13.9. The lowest BCUT2D eigenvalue weighted by Crippen LogP contribution is -2.48. The molecule has 1 aliphatic carbocycles. The third-order valence-corrected chi connectivity index (χ3v) is 5.21. The fourth-order valence-corrected chi connectivity index (χ4v) is 3.56. The largest absolute Gasteiger partial charge is 0.339 e. The van der Waals surface area contributed by atoms with Crippen LogP contribution in [0.5, 0.6) is 0 Å². The summed E-state index contributed by atoms with van der Waals surface area (Å²) in [5.41, 5.74) is 0. The summed E-state index contributed by atoms with van der Waals surface area (Å²) in [6, 6.07) is 0.525. The molecule has 3 fully saturated rings. The first-order valence-electron chi connectivity index (χ1n) is 8.45. The van der Waals surface area contributed by atoms with Crippen molar-refractivity contribution in [2.45, 2.75) is 44.6 Å². The van der Waals surface area contributed by atoms with Crippen LogP contribution < -0.4 is 0 Å². The average Bonchev–Trinajstić information content (AvgIpc) is 3.31. The summed E-state index contributed by atoms with van der Waals surface area (Å²) in [5, 5.41) is 0. The molecule has 3 rings (SSSR count). The number of carbonyl (C=O) groups excluding carboxylic acids is 1. The number of nitrogens with zero attached hydrogens (tertiary/aromatic N) is 3. The number of amides is 1. The Kier molecular flexibility index (Phi) is 4.61. The van der Waals surface area contributed by atoms with E-state index in [0.717, 1.165) is 19.4 Å². The van der Waals surface area contributed by atoms with Gasteiger partial charge in [-0.25, -0.2) is 0 Å². The van der Waals surface area contributed by atoms with Gasteiger partial charge in [0.1, 0.15) is 0 Å².